The molecule has 98 valence electrons. The first-order chi connectivity index (χ1) is 9.22. The van der Waals surface area contributed by atoms with Crippen molar-refractivity contribution >= 4 is 28.9 Å². The van der Waals surface area contributed by atoms with E-state index < -0.39 is 0 Å². The zero-order valence-electron chi connectivity index (χ0n) is 10.5. The fourth-order valence-electron chi connectivity index (χ4n) is 1.42. The molecule has 2 aromatic heterocycles. The minimum Gasteiger partial charge on any atom is -0.382 e. The molecule has 0 aliphatic carbocycles. The average Bonchev–Trinajstić information content (AvgIpc) is 2.85. The maximum Gasteiger partial charge on any atom is 0.189 e. The van der Waals surface area contributed by atoms with Crippen LogP contribution in [0.15, 0.2) is 16.7 Å². The van der Waals surface area contributed by atoms with Gasteiger partial charge >= 0.3 is 0 Å². The SMILES string of the molecule is CCCc1nc(CSc2ncc(C#N)c(N)n2)cs1. The number of nitrogen functional groups attached to an aromatic ring is 1. The first kappa shape index (κ1) is 13.8. The van der Waals surface area contributed by atoms with Crippen molar-refractivity contribution in [3.63, 3.8) is 0 Å². The van der Waals surface area contributed by atoms with Crippen LogP contribution in [0.5, 0.6) is 0 Å². The van der Waals surface area contributed by atoms with E-state index in [4.69, 9.17) is 11.0 Å². The van der Waals surface area contributed by atoms with Gasteiger partial charge in [-0.3, -0.25) is 0 Å². The topological polar surface area (TPSA) is 88.5 Å². The number of hydrogen-bond acceptors (Lipinski definition) is 7. The Labute approximate surface area is 119 Å². The minimum absolute atomic E-state index is 0.227. The quantitative estimate of drug-likeness (QED) is 0.673. The van der Waals surface area contributed by atoms with E-state index in [2.05, 4.69) is 27.3 Å². The first-order valence-electron chi connectivity index (χ1n) is 5.81. The van der Waals surface area contributed by atoms with Crippen LogP contribution in [0.25, 0.3) is 0 Å². The molecule has 0 atom stereocenters. The van der Waals surface area contributed by atoms with E-state index in [-0.39, 0.29) is 5.82 Å². The molecule has 2 heterocycles. The van der Waals surface area contributed by atoms with Gasteiger partial charge in [-0.15, -0.1) is 11.3 Å². The molecule has 2 aromatic rings. The lowest BCUT2D eigenvalue weighted by Crippen LogP contribution is -1.98. The number of thiazole rings is 1. The number of nitriles is 1. The summed E-state index contributed by atoms with van der Waals surface area (Å²) < 4.78 is 0. The van der Waals surface area contributed by atoms with Crippen molar-refractivity contribution in [1.29, 1.82) is 5.26 Å². The summed E-state index contributed by atoms with van der Waals surface area (Å²) in [5.74, 6) is 0.941. The standard InChI is InChI=1S/C12H13N5S2/c1-2-3-10-16-9(6-18-10)7-19-12-15-5-8(4-13)11(14)17-12/h5-6H,2-3,7H2,1H3,(H2,14,15,17). The summed E-state index contributed by atoms with van der Waals surface area (Å²) in [6.45, 7) is 2.14. The highest BCUT2D eigenvalue weighted by Crippen LogP contribution is 2.22. The average molecular weight is 291 g/mol. The molecule has 0 radical (unpaired) electrons. The van der Waals surface area contributed by atoms with Gasteiger partial charge in [0, 0.05) is 11.1 Å². The van der Waals surface area contributed by atoms with Crippen LogP contribution in [-0.2, 0) is 12.2 Å². The van der Waals surface area contributed by atoms with Gasteiger partial charge < -0.3 is 5.73 Å². The lowest BCUT2D eigenvalue weighted by Gasteiger charge is -2.00. The molecule has 0 spiro atoms. The molecular formula is C12H13N5S2. The van der Waals surface area contributed by atoms with Crippen LogP contribution in [0.4, 0.5) is 5.82 Å². The smallest absolute Gasteiger partial charge is 0.189 e. The van der Waals surface area contributed by atoms with Crippen molar-refractivity contribution in [2.24, 2.45) is 0 Å². The molecule has 2 N–H and O–H groups in total. The van der Waals surface area contributed by atoms with E-state index in [1.54, 1.807) is 11.3 Å². The number of thioether (sulfide) groups is 1. The highest BCUT2D eigenvalue weighted by molar-refractivity contribution is 7.98. The van der Waals surface area contributed by atoms with Crippen LogP contribution in [0.3, 0.4) is 0 Å². The number of aromatic nitrogens is 3. The highest BCUT2D eigenvalue weighted by atomic mass is 32.2. The minimum atomic E-state index is 0.227. The lowest BCUT2D eigenvalue weighted by molar-refractivity contribution is 0.901. The number of aryl methyl sites for hydroxylation is 1. The molecule has 0 bridgehead atoms. The zero-order chi connectivity index (χ0) is 13.7. The van der Waals surface area contributed by atoms with Gasteiger partial charge in [0.25, 0.3) is 0 Å². The third-order valence-corrected chi connectivity index (χ3v) is 4.18. The van der Waals surface area contributed by atoms with Gasteiger partial charge in [-0.05, 0) is 12.8 Å². The van der Waals surface area contributed by atoms with Crippen molar-refractivity contribution in [1.82, 2.24) is 15.0 Å². The van der Waals surface area contributed by atoms with E-state index in [1.807, 2.05) is 6.07 Å². The van der Waals surface area contributed by atoms with Crippen molar-refractivity contribution < 1.29 is 0 Å². The van der Waals surface area contributed by atoms with E-state index in [1.165, 1.54) is 23.0 Å². The lowest BCUT2D eigenvalue weighted by atomic mass is 10.3. The predicted molar refractivity (Wildman–Crippen MR) is 76.8 cm³/mol. The Morgan fingerprint density at radius 2 is 2.32 bits per heavy atom. The van der Waals surface area contributed by atoms with Crippen LogP contribution in [0, 0.1) is 11.3 Å². The van der Waals surface area contributed by atoms with Gasteiger partial charge in [0.15, 0.2) is 5.16 Å². The Morgan fingerprint density at radius 3 is 3.00 bits per heavy atom. The van der Waals surface area contributed by atoms with Crippen LogP contribution in [-0.4, -0.2) is 15.0 Å². The molecule has 0 unspecified atom stereocenters. The molecular weight excluding hydrogens is 278 g/mol. The number of hydrogen-bond donors (Lipinski definition) is 1. The second-order valence-corrected chi connectivity index (χ2v) is 5.72. The molecule has 0 aliphatic rings. The fourth-order valence-corrected chi connectivity index (χ4v) is 3.14. The summed E-state index contributed by atoms with van der Waals surface area (Å²) in [6, 6.07) is 1.94. The van der Waals surface area contributed by atoms with Crippen LogP contribution in [0.2, 0.25) is 0 Å². The van der Waals surface area contributed by atoms with Crippen molar-refractivity contribution in [3.8, 4) is 6.07 Å². The number of anilines is 1. The summed E-state index contributed by atoms with van der Waals surface area (Å²) in [5.41, 5.74) is 6.98. The molecule has 2 rings (SSSR count). The summed E-state index contributed by atoms with van der Waals surface area (Å²) in [4.78, 5) is 12.7. The Hall–Kier alpha value is -1.65. The summed E-state index contributed by atoms with van der Waals surface area (Å²) in [5, 5.41) is 12.5. The fraction of sp³-hybridized carbons (Fsp3) is 0.333. The van der Waals surface area contributed by atoms with Crippen LogP contribution in [0.1, 0.15) is 29.6 Å². The van der Waals surface area contributed by atoms with Crippen molar-refractivity contribution in [3.05, 3.63) is 27.8 Å². The van der Waals surface area contributed by atoms with Gasteiger partial charge in [0.05, 0.1) is 16.9 Å². The van der Waals surface area contributed by atoms with Crippen LogP contribution >= 0.6 is 23.1 Å². The number of rotatable bonds is 5. The second-order valence-electron chi connectivity index (χ2n) is 3.83. The molecule has 0 fully saturated rings. The van der Waals surface area contributed by atoms with E-state index >= 15 is 0 Å². The number of nitrogens with two attached hydrogens (primary N) is 1. The molecule has 0 aromatic carbocycles. The maximum absolute atomic E-state index is 8.75. The van der Waals surface area contributed by atoms with E-state index in [9.17, 15) is 0 Å². The van der Waals surface area contributed by atoms with Gasteiger partial charge in [0.2, 0.25) is 0 Å². The molecule has 0 amide bonds. The van der Waals surface area contributed by atoms with Crippen molar-refractivity contribution in [2.75, 3.05) is 5.73 Å². The van der Waals surface area contributed by atoms with E-state index in [0.717, 1.165) is 18.5 Å². The largest absolute Gasteiger partial charge is 0.382 e. The second kappa shape index (κ2) is 6.50. The monoisotopic (exact) mass is 291 g/mol. The highest BCUT2D eigenvalue weighted by Gasteiger charge is 2.06. The Kier molecular flexibility index (Phi) is 4.71. The molecule has 5 nitrogen and oxygen atoms in total. The zero-order valence-corrected chi connectivity index (χ0v) is 12.1. The van der Waals surface area contributed by atoms with Gasteiger partial charge in [-0.2, -0.15) is 5.26 Å². The number of nitrogens with zero attached hydrogens (tertiary/aromatic N) is 4. The van der Waals surface area contributed by atoms with Gasteiger partial charge in [-0.1, -0.05) is 18.7 Å². The molecule has 0 saturated carbocycles. The molecule has 7 heteroatoms. The first-order valence-corrected chi connectivity index (χ1v) is 7.68. The third-order valence-electron chi connectivity index (χ3n) is 2.33. The van der Waals surface area contributed by atoms with Crippen molar-refractivity contribution in [2.45, 2.75) is 30.7 Å². The van der Waals surface area contributed by atoms with E-state index in [0.29, 0.717) is 16.5 Å². The summed E-state index contributed by atoms with van der Waals surface area (Å²) in [6.07, 6.45) is 3.58. The Balaban J connectivity index is 1.98. The molecule has 0 saturated heterocycles. The normalized spacial score (nSPS) is 10.3. The maximum atomic E-state index is 8.75. The summed E-state index contributed by atoms with van der Waals surface area (Å²) >= 11 is 3.16. The van der Waals surface area contributed by atoms with Gasteiger partial charge in [-0.25, -0.2) is 15.0 Å². The molecule has 19 heavy (non-hydrogen) atoms. The third kappa shape index (κ3) is 3.66. The summed E-state index contributed by atoms with van der Waals surface area (Å²) in [7, 11) is 0. The predicted octanol–water partition coefficient (Wildman–Crippen LogP) is 2.63. The van der Waals surface area contributed by atoms with Gasteiger partial charge in [0.1, 0.15) is 17.5 Å². The molecule has 0 aliphatic heterocycles. The Morgan fingerprint density at radius 1 is 1.47 bits per heavy atom. The van der Waals surface area contributed by atoms with Crippen LogP contribution < -0.4 is 5.73 Å². The Bertz CT molecular complexity index is 602.